The Kier molecular flexibility index (Phi) is 5.96. The van der Waals surface area contributed by atoms with E-state index in [1.807, 2.05) is 35.2 Å². The third-order valence-electron chi connectivity index (χ3n) is 8.50. The highest BCUT2D eigenvalue weighted by atomic mass is 16.5. The number of ether oxygens (including phenoxy) is 1. The molecule has 4 bridgehead atoms. The highest BCUT2D eigenvalue weighted by molar-refractivity contribution is 5.96. The fourth-order valence-corrected chi connectivity index (χ4v) is 7.86. The number of anilines is 1. The average Bonchev–Trinajstić information content (AvgIpc) is 2.77. The van der Waals surface area contributed by atoms with E-state index >= 15 is 0 Å². The first kappa shape index (κ1) is 22.4. The van der Waals surface area contributed by atoms with Gasteiger partial charge in [0.05, 0.1) is 5.41 Å². The predicted octanol–water partition coefficient (Wildman–Crippen LogP) is 4.37. The summed E-state index contributed by atoms with van der Waals surface area (Å²) in [6.45, 7) is 1.35. The quantitative estimate of drug-likeness (QED) is 0.651. The molecule has 2 unspecified atom stereocenters. The van der Waals surface area contributed by atoms with Crippen LogP contribution in [0.4, 0.5) is 5.69 Å². The second-order valence-electron chi connectivity index (χ2n) is 11.2. The molecule has 0 radical (unpaired) electrons. The van der Waals surface area contributed by atoms with E-state index in [0.29, 0.717) is 18.3 Å². The molecular weight excluding hydrogens is 416 g/mol. The number of carbonyl (C=O) groups excluding carboxylic acids is 3. The van der Waals surface area contributed by atoms with Crippen molar-refractivity contribution in [2.24, 2.45) is 17.3 Å². The molecule has 178 valence electrons. The number of benzene rings is 1. The van der Waals surface area contributed by atoms with Crippen LogP contribution in [-0.4, -0.2) is 36.0 Å². The number of hydrogen-bond donors (Lipinski definition) is 1. The molecule has 0 spiro atoms. The van der Waals surface area contributed by atoms with Crippen molar-refractivity contribution in [2.75, 3.05) is 11.5 Å². The fourth-order valence-electron chi connectivity index (χ4n) is 7.86. The zero-order valence-corrected chi connectivity index (χ0v) is 19.7. The molecule has 2 atom stereocenters. The van der Waals surface area contributed by atoms with Crippen LogP contribution in [-0.2, 0) is 19.1 Å². The smallest absolute Gasteiger partial charge is 0.312 e. The topological polar surface area (TPSA) is 75.7 Å². The lowest BCUT2D eigenvalue weighted by Crippen LogP contribution is -2.64. The number of amides is 2. The third-order valence-corrected chi connectivity index (χ3v) is 8.50. The highest BCUT2D eigenvalue weighted by Gasteiger charge is 2.61. The van der Waals surface area contributed by atoms with Gasteiger partial charge in [0.15, 0.2) is 6.61 Å². The molecule has 1 aromatic rings. The summed E-state index contributed by atoms with van der Waals surface area (Å²) in [4.78, 5) is 40.6. The van der Waals surface area contributed by atoms with E-state index in [1.54, 1.807) is 6.92 Å². The van der Waals surface area contributed by atoms with Gasteiger partial charge in [-0.3, -0.25) is 14.4 Å². The second kappa shape index (κ2) is 8.77. The van der Waals surface area contributed by atoms with Crippen LogP contribution in [0.5, 0.6) is 0 Å². The summed E-state index contributed by atoms with van der Waals surface area (Å²) in [5.74, 6) is 0.495. The van der Waals surface area contributed by atoms with Crippen molar-refractivity contribution in [3.8, 4) is 0 Å². The molecule has 1 aromatic carbocycles. The van der Waals surface area contributed by atoms with Crippen molar-refractivity contribution in [1.29, 1.82) is 0 Å². The molecule has 6 heteroatoms. The lowest BCUT2D eigenvalue weighted by Gasteiger charge is -2.60. The van der Waals surface area contributed by atoms with E-state index < -0.39 is 5.41 Å². The van der Waals surface area contributed by atoms with Crippen LogP contribution < -0.4 is 10.2 Å². The minimum atomic E-state index is -0.560. The Bertz CT molecular complexity index is 894. The Morgan fingerprint density at radius 2 is 1.67 bits per heavy atom. The van der Waals surface area contributed by atoms with Gasteiger partial charge in [0.2, 0.25) is 5.91 Å². The Hall–Kier alpha value is -2.37. The molecule has 0 heterocycles. The molecule has 5 saturated carbocycles. The van der Waals surface area contributed by atoms with Crippen LogP contribution >= 0.6 is 0 Å². The predicted molar refractivity (Wildman–Crippen MR) is 125 cm³/mol. The Morgan fingerprint density at radius 3 is 2.30 bits per heavy atom. The second-order valence-corrected chi connectivity index (χ2v) is 11.2. The van der Waals surface area contributed by atoms with Crippen molar-refractivity contribution in [1.82, 2.24) is 5.32 Å². The zero-order chi connectivity index (χ0) is 23.1. The first-order valence-electron chi connectivity index (χ1n) is 12.7. The monoisotopic (exact) mass is 452 g/mol. The van der Waals surface area contributed by atoms with Crippen LogP contribution in [0.1, 0.15) is 77.6 Å². The summed E-state index contributed by atoms with van der Waals surface area (Å²) in [5, 5.41) is 3.19. The molecule has 0 saturated heterocycles. The van der Waals surface area contributed by atoms with E-state index in [4.69, 9.17) is 4.74 Å². The van der Waals surface area contributed by atoms with Crippen LogP contribution in [0.25, 0.3) is 0 Å². The standard InChI is InChI=1S/C27H36N2O4/c1-19(30)28-27-15-20-12-21(16-27)14-26(13-20,18-27)25(32)33-17-24(31)29(22-8-4-2-5-9-22)23-10-6-3-7-11-23/h2,4-5,8-9,20-21,23H,3,6-7,10-18H2,1H3,(H,28,30). The SMILES string of the molecule is CC(=O)NC12CC3CC(C1)CC(C(=O)OCC(=O)N(c1ccccc1)C1CCCCC1)(C3)C2. The lowest BCUT2D eigenvalue weighted by molar-refractivity contribution is -0.177. The largest absolute Gasteiger partial charge is 0.455 e. The first-order valence-corrected chi connectivity index (χ1v) is 12.7. The summed E-state index contributed by atoms with van der Waals surface area (Å²) in [6, 6.07) is 9.93. The fraction of sp³-hybridized carbons (Fsp3) is 0.667. The zero-order valence-electron chi connectivity index (χ0n) is 19.7. The van der Waals surface area contributed by atoms with Crippen LogP contribution in [0.2, 0.25) is 0 Å². The molecule has 0 aliphatic heterocycles. The highest BCUT2D eigenvalue weighted by Crippen LogP contribution is 2.62. The van der Waals surface area contributed by atoms with Gasteiger partial charge in [-0.15, -0.1) is 0 Å². The maximum absolute atomic E-state index is 13.5. The number of rotatable bonds is 6. The van der Waals surface area contributed by atoms with Gasteiger partial charge < -0.3 is 15.0 Å². The minimum Gasteiger partial charge on any atom is -0.455 e. The number of esters is 1. The maximum Gasteiger partial charge on any atom is 0.312 e. The van der Waals surface area contributed by atoms with Crippen LogP contribution in [0.15, 0.2) is 30.3 Å². The Labute approximate surface area is 196 Å². The van der Waals surface area contributed by atoms with Crippen molar-refractivity contribution >= 4 is 23.5 Å². The number of para-hydroxylation sites is 1. The molecule has 0 aromatic heterocycles. The number of hydrogen-bond acceptors (Lipinski definition) is 4. The summed E-state index contributed by atoms with van der Waals surface area (Å²) >= 11 is 0. The van der Waals surface area contributed by atoms with Crippen LogP contribution in [0, 0.1) is 17.3 Å². The van der Waals surface area contributed by atoms with Gasteiger partial charge >= 0.3 is 5.97 Å². The van der Waals surface area contributed by atoms with E-state index in [2.05, 4.69) is 5.32 Å². The number of carbonyl (C=O) groups is 3. The van der Waals surface area contributed by atoms with E-state index in [1.165, 1.54) is 6.42 Å². The summed E-state index contributed by atoms with van der Waals surface area (Å²) in [6.07, 6.45) is 10.8. The minimum absolute atomic E-state index is 0.0263. The van der Waals surface area contributed by atoms with E-state index in [9.17, 15) is 14.4 Å². The van der Waals surface area contributed by atoms with E-state index in [0.717, 1.165) is 63.5 Å². The Morgan fingerprint density at radius 1 is 1.00 bits per heavy atom. The number of nitrogens with zero attached hydrogens (tertiary/aromatic N) is 1. The average molecular weight is 453 g/mol. The molecule has 2 amide bonds. The first-order chi connectivity index (χ1) is 15.9. The maximum atomic E-state index is 13.5. The van der Waals surface area contributed by atoms with Crippen molar-refractivity contribution in [3.05, 3.63) is 30.3 Å². The Balaban J connectivity index is 1.29. The molecule has 5 aliphatic rings. The normalized spacial score (nSPS) is 32.9. The lowest BCUT2D eigenvalue weighted by atomic mass is 9.47. The number of nitrogens with one attached hydrogen (secondary N) is 1. The van der Waals surface area contributed by atoms with Gasteiger partial charge in [-0.1, -0.05) is 37.5 Å². The van der Waals surface area contributed by atoms with Crippen LogP contribution in [0.3, 0.4) is 0 Å². The van der Waals surface area contributed by atoms with Crippen molar-refractivity contribution in [3.63, 3.8) is 0 Å². The third kappa shape index (κ3) is 4.41. The van der Waals surface area contributed by atoms with Gasteiger partial charge in [-0.25, -0.2) is 0 Å². The van der Waals surface area contributed by atoms with Gasteiger partial charge in [0.25, 0.3) is 5.91 Å². The van der Waals surface area contributed by atoms with Gasteiger partial charge in [-0.2, -0.15) is 0 Å². The molecular formula is C27H36N2O4. The molecule has 33 heavy (non-hydrogen) atoms. The molecule has 5 aliphatic carbocycles. The van der Waals surface area contributed by atoms with Crippen molar-refractivity contribution in [2.45, 2.75) is 89.1 Å². The summed E-state index contributed by atoms with van der Waals surface area (Å²) in [5.41, 5.74) is 0.0386. The molecule has 5 fully saturated rings. The molecule has 6 nitrogen and oxygen atoms in total. The van der Waals surface area contributed by atoms with Gasteiger partial charge in [0, 0.05) is 24.2 Å². The molecule has 1 N–H and O–H groups in total. The summed E-state index contributed by atoms with van der Waals surface area (Å²) < 4.78 is 5.79. The summed E-state index contributed by atoms with van der Waals surface area (Å²) in [7, 11) is 0. The van der Waals surface area contributed by atoms with E-state index in [-0.39, 0.29) is 36.0 Å². The van der Waals surface area contributed by atoms with Crippen molar-refractivity contribution < 1.29 is 19.1 Å². The van der Waals surface area contributed by atoms with Gasteiger partial charge in [0.1, 0.15) is 0 Å². The van der Waals surface area contributed by atoms with Gasteiger partial charge in [-0.05, 0) is 75.3 Å². The molecule has 6 rings (SSSR count).